The molecule has 1 saturated heterocycles. The number of aryl methyl sites for hydroxylation is 1. The quantitative estimate of drug-likeness (QED) is 0.402. The first-order valence-corrected chi connectivity index (χ1v) is 11.6. The number of nitrogen functional groups attached to an aromatic ring is 1. The monoisotopic (exact) mass is 483 g/mol. The number of halogens is 1. The van der Waals surface area contributed by atoms with E-state index in [2.05, 4.69) is 25.1 Å². The molecule has 11 nitrogen and oxygen atoms in total. The number of aromatic nitrogens is 6. The lowest BCUT2D eigenvalue weighted by atomic mass is 10.1. The first kappa shape index (κ1) is 23.2. The van der Waals surface area contributed by atoms with Gasteiger partial charge < -0.3 is 20.5 Å². The SMILES string of the molecule is Cc1nc2c3cnn(CCN4CCN(c5ccc(OCC(C)(C)O)cc5F)CC4)c3nc(N)n2n1. The van der Waals surface area contributed by atoms with Crippen molar-refractivity contribution >= 4 is 28.3 Å². The Hall–Kier alpha value is -3.51. The summed E-state index contributed by atoms with van der Waals surface area (Å²) in [5.41, 5.74) is 7.01. The van der Waals surface area contributed by atoms with Gasteiger partial charge in [-0.05, 0) is 32.9 Å². The first-order valence-electron chi connectivity index (χ1n) is 11.6. The molecule has 3 N–H and O–H groups in total. The summed E-state index contributed by atoms with van der Waals surface area (Å²) >= 11 is 0. The summed E-state index contributed by atoms with van der Waals surface area (Å²) in [6.45, 7) is 9.68. The van der Waals surface area contributed by atoms with E-state index < -0.39 is 5.60 Å². The summed E-state index contributed by atoms with van der Waals surface area (Å²) in [7, 11) is 0. The number of aliphatic hydroxyl groups is 1. The van der Waals surface area contributed by atoms with Crippen LogP contribution in [0.15, 0.2) is 24.4 Å². The zero-order valence-corrected chi connectivity index (χ0v) is 20.1. The predicted octanol–water partition coefficient (Wildman–Crippen LogP) is 1.48. The lowest BCUT2D eigenvalue weighted by Gasteiger charge is -2.36. The van der Waals surface area contributed by atoms with Crippen LogP contribution in [-0.4, -0.2) is 84.3 Å². The number of nitrogens with two attached hydrogens (primary N) is 1. The lowest BCUT2D eigenvalue weighted by molar-refractivity contribution is 0.0284. The van der Waals surface area contributed by atoms with Crippen LogP contribution in [0.1, 0.15) is 19.7 Å². The van der Waals surface area contributed by atoms with Gasteiger partial charge in [0.05, 0.1) is 29.4 Å². The molecule has 0 bridgehead atoms. The van der Waals surface area contributed by atoms with Crippen LogP contribution in [0, 0.1) is 12.7 Å². The van der Waals surface area contributed by atoms with Crippen LogP contribution < -0.4 is 15.4 Å². The van der Waals surface area contributed by atoms with Crippen LogP contribution in [0.5, 0.6) is 5.75 Å². The highest BCUT2D eigenvalue weighted by Crippen LogP contribution is 2.26. The van der Waals surface area contributed by atoms with Gasteiger partial charge in [-0.25, -0.2) is 14.1 Å². The average molecular weight is 484 g/mol. The molecule has 0 amide bonds. The number of hydrogen-bond acceptors (Lipinski definition) is 9. The molecule has 12 heteroatoms. The number of anilines is 2. The molecular weight excluding hydrogens is 453 g/mol. The van der Waals surface area contributed by atoms with Crippen LogP contribution in [0.3, 0.4) is 0 Å². The summed E-state index contributed by atoms with van der Waals surface area (Å²) in [5.74, 6) is 0.992. The third-order valence-electron chi connectivity index (χ3n) is 6.06. The Labute approximate surface area is 201 Å². The normalized spacial score (nSPS) is 15.4. The fourth-order valence-corrected chi connectivity index (χ4v) is 4.27. The van der Waals surface area contributed by atoms with Crippen molar-refractivity contribution in [1.82, 2.24) is 34.3 Å². The predicted molar refractivity (Wildman–Crippen MR) is 130 cm³/mol. The molecule has 4 heterocycles. The van der Waals surface area contributed by atoms with E-state index in [0.29, 0.717) is 48.2 Å². The van der Waals surface area contributed by atoms with Crippen molar-refractivity contribution in [1.29, 1.82) is 0 Å². The van der Waals surface area contributed by atoms with Crippen molar-refractivity contribution in [2.75, 3.05) is 50.0 Å². The van der Waals surface area contributed by atoms with Crippen molar-refractivity contribution in [3.63, 3.8) is 0 Å². The maximum Gasteiger partial charge on any atom is 0.225 e. The summed E-state index contributed by atoms with van der Waals surface area (Å²) in [4.78, 5) is 13.3. The summed E-state index contributed by atoms with van der Waals surface area (Å²) in [6.07, 6.45) is 1.75. The Balaban J connectivity index is 1.19. The van der Waals surface area contributed by atoms with E-state index in [1.807, 2.05) is 16.5 Å². The summed E-state index contributed by atoms with van der Waals surface area (Å²) < 4.78 is 23.6. The molecule has 1 aromatic carbocycles. The Morgan fingerprint density at radius 1 is 1.11 bits per heavy atom. The number of piperazine rings is 1. The lowest BCUT2D eigenvalue weighted by Crippen LogP contribution is -2.47. The molecule has 0 radical (unpaired) electrons. The van der Waals surface area contributed by atoms with E-state index in [9.17, 15) is 9.50 Å². The number of benzene rings is 1. The number of rotatable bonds is 7. The second-order valence-corrected chi connectivity index (χ2v) is 9.51. The molecule has 4 aromatic rings. The molecule has 35 heavy (non-hydrogen) atoms. The van der Waals surface area contributed by atoms with Gasteiger partial charge in [-0.3, -0.25) is 4.90 Å². The van der Waals surface area contributed by atoms with Crippen LogP contribution in [-0.2, 0) is 6.54 Å². The van der Waals surface area contributed by atoms with Gasteiger partial charge in [0.2, 0.25) is 5.95 Å². The van der Waals surface area contributed by atoms with Crippen molar-refractivity contribution in [2.24, 2.45) is 0 Å². The number of nitrogens with zero attached hydrogens (tertiary/aromatic N) is 8. The van der Waals surface area contributed by atoms with Gasteiger partial charge in [-0.2, -0.15) is 14.6 Å². The minimum atomic E-state index is -0.974. The number of hydrogen-bond donors (Lipinski definition) is 2. The zero-order valence-electron chi connectivity index (χ0n) is 20.1. The van der Waals surface area contributed by atoms with Gasteiger partial charge in [-0.15, -0.1) is 5.10 Å². The third-order valence-corrected chi connectivity index (χ3v) is 6.06. The average Bonchev–Trinajstić information content (AvgIpc) is 3.40. The molecule has 1 fully saturated rings. The fourth-order valence-electron chi connectivity index (χ4n) is 4.27. The van der Waals surface area contributed by atoms with Crippen molar-refractivity contribution < 1.29 is 14.2 Å². The second-order valence-electron chi connectivity index (χ2n) is 9.51. The van der Waals surface area contributed by atoms with Gasteiger partial charge in [0, 0.05) is 38.8 Å². The second kappa shape index (κ2) is 8.93. The van der Waals surface area contributed by atoms with E-state index in [1.165, 1.54) is 10.6 Å². The molecule has 0 aliphatic carbocycles. The van der Waals surface area contributed by atoms with Crippen molar-refractivity contribution in [3.05, 3.63) is 36.0 Å². The van der Waals surface area contributed by atoms with E-state index in [0.717, 1.165) is 25.0 Å². The molecule has 0 unspecified atom stereocenters. The minimum Gasteiger partial charge on any atom is -0.491 e. The molecule has 1 aliphatic rings. The minimum absolute atomic E-state index is 0.0988. The first-order chi connectivity index (χ1) is 16.7. The fraction of sp³-hybridized carbons (Fsp3) is 0.478. The molecule has 3 aromatic heterocycles. The van der Waals surface area contributed by atoms with Gasteiger partial charge >= 0.3 is 0 Å². The van der Waals surface area contributed by atoms with Crippen LogP contribution in [0.25, 0.3) is 16.7 Å². The molecule has 0 spiro atoms. The molecule has 5 rings (SSSR count). The topological polar surface area (TPSA) is 123 Å². The Morgan fingerprint density at radius 2 is 1.89 bits per heavy atom. The van der Waals surface area contributed by atoms with E-state index in [-0.39, 0.29) is 18.4 Å². The van der Waals surface area contributed by atoms with Crippen LogP contribution >= 0.6 is 0 Å². The largest absolute Gasteiger partial charge is 0.491 e. The zero-order chi connectivity index (χ0) is 24.7. The molecular formula is C23H30FN9O2. The van der Waals surface area contributed by atoms with Crippen molar-refractivity contribution in [2.45, 2.75) is 32.9 Å². The highest BCUT2D eigenvalue weighted by atomic mass is 19.1. The standard InChI is InChI=1S/C23H30FN9O2/c1-15-27-21-17-13-26-32(20(17)28-22(25)33(21)29-15)11-8-30-6-9-31(10-7-30)19-5-4-16(12-18(19)24)35-14-23(2,3)34/h4-5,12-13,34H,6-11,14H2,1-3H3,(H2,25,28). The summed E-state index contributed by atoms with van der Waals surface area (Å²) in [6, 6.07) is 4.86. The Kier molecular flexibility index (Phi) is 5.93. The van der Waals surface area contributed by atoms with Crippen LogP contribution in [0.4, 0.5) is 16.0 Å². The van der Waals surface area contributed by atoms with E-state index >= 15 is 0 Å². The summed E-state index contributed by atoms with van der Waals surface area (Å²) in [5, 5.41) is 19.4. The van der Waals surface area contributed by atoms with Gasteiger partial charge in [0.25, 0.3) is 0 Å². The Morgan fingerprint density at radius 3 is 2.60 bits per heavy atom. The number of ether oxygens (including phenoxy) is 1. The third kappa shape index (κ3) is 4.84. The van der Waals surface area contributed by atoms with E-state index in [1.54, 1.807) is 32.2 Å². The van der Waals surface area contributed by atoms with Gasteiger partial charge in [0.1, 0.15) is 24.0 Å². The van der Waals surface area contributed by atoms with E-state index in [4.69, 9.17) is 10.5 Å². The maximum absolute atomic E-state index is 14.7. The van der Waals surface area contributed by atoms with Crippen LogP contribution in [0.2, 0.25) is 0 Å². The highest BCUT2D eigenvalue weighted by molar-refractivity contribution is 5.89. The van der Waals surface area contributed by atoms with Gasteiger partial charge in [-0.1, -0.05) is 0 Å². The maximum atomic E-state index is 14.7. The number of fused-ring (bicyclic) bond motifs is 3. The Bertz CT molecular complexity index is 1350. The molecule has 1 aliphatic heterocycles. The smallest absolute Gasteiger partial charge is 0.225 e. The van der Waals surface area contributed by atoms with Gasteiger partial charge in [0.15, 0.2) is 11.3 Å². The molecule has 0 saturated carbocycles. The molecule has 0 atom stereocenters. The van der Waals surface area contributed by atoms with Crippen molar-refractivity contribution in [3.8, 4) is 5.75 Å². The highest BCUT2D eigenvalue weighted by Gasteiger charge is 2.21. The molecule has 186 valence electrons.